The monoisotopic (exact) mass is 230 g/mol. The summed E-state index contributed by atoms with van der Waals surface area (Å²) in [7, 11) is 0. The van der Waals surface area contributed by atoms with E-state index < -0.39 is 0 Å². The molecule has 0 N–H and O–H groups in total. The highest BCUT2D eigenvalue weighted by atomic mass is 15.3. The summed E-state index contributed by atoms with van der Waals surface area (Å²) >= 11 is 0. The maximum absolute atomic E-state index is 2.40. The average molecular weight is 230 g/mol. The third-order valence-corrected chi connectivity index (χ3v) is 3.18. The van der Waals surface area contributed by atoms with Gasteiger partial charge in [-0.1, -0.05) is 43.7 Å². The van der Waals surface area contributed by atoms with Crippen molar-refractivity contribution in [1.29, 1.82) is 0 Å². The lowest BCUT2D eigenvalue weighted by molar-refractivity contribution is 0.264. The smallest absolute Gasteiger partial charge is 0.0893 e. The van der Waals surface area contributed by atoms with Gasteiger partial charge in [-0.3, -0.25) is 0 Å². The second-order valence-electron chi connectivity index (χ2n) is 4.65. The molecule has 1 heterocycles. The number of rotatable bonds is 6. The molecule has 0 radical (unpaired) electrons. The Kier molecular flexibility index (Phi) is 4.48. The molecule has 1 aliphatic heterocycles. The second kappa shape index (κ2) is 6.33. The van der Waals surface area contributed by atoms with E-state index in [9.17, 15) is 0 Å². The van der Waals surface area contributed by atoms with Crippen molar-refractivity contribution in [2.24, 2.45) is 0 Å². The minimum atomic E-state index is 1.06. The van der Waals surface area contributed by atoms with Crippen molar-refractivity contribution in [3.63, 3.8) is 0 Å². The van der Waals surface area contributed by atoms with Crippen LogP contribution in [0.2, 0.25) is 0 Å². The van der Waals surface area contributed by atoms with Gasteiger partial charge in [-0.2, -0.15) is 0 Å². The molecule has 0 saturated heterocycles. The summed E-state index contributed by atoms with van der Waals surface area (Å²) in [6.45, 7) is 5.61. The first-order valence-corrected chi connectivity index (χ1v) is 6.59. The Labute approximate surface area is 105 Å². The van der Waals surface area contributed by atoms with Gasteiger partial charge < -0.3 is 9.80 Å². The minimum Gasteiger partial charge on any atom is -0.359 e. The molecule has 0 atom stereocenters. The highest BCUT2D eigenvalue weighted by molar-refractivity contribution is 5.15. The number of nitrogens with zero attached hydrogens (tertiary/aromatic N) is 2. The normalized spacial score (nSPS) is 14.6. The van der Waals surface area contributed by atoms with E-state index >= 15 is 0 Å². The first kappa shape index (κ1) is 12.0. The highest BCUT2D eigenvalue weighted by Crippen LogP contribution is 2.09. The van der Waals surface area contributed by atoms with Crippen LogP contribution in [0, 0.1) is 0 Å². The standard InChI is InChI=1S/C15H22N2/c1-2-3-10-16-12-13-17(14-16)11-9-15-7-5-4-6-8-15/h4-8,12-13H,2-3,9-11,14H2,1H3. The van der Waals surface area contributed by atoms with Gasteiger partial charge in [0.25, 0.3) is 0 Å². The molecule has 0 aliphatic carbocycles. The van der Waals surface area contributed by atoms with Crippen molar-refractivity contribution in [3.05, 3.63) is 48.3 Å². The summed E-state index contributed by atoms with van der Waals surface area (Å²) in [6.07, 6.45) is 8.14. The van der Waals surface area contributed by atoms with Crippen LogP contribution < -0.4 is 0 Å². The maximum atomic E-state index is 2.40. The molecule has 0 bridgehead atoms. The van der Waals surface area contributed by atoms with Crippen LogP contribution in [0.25, 0.3) is 0 Å². The molecule has 0 saturated carbocycles. The molecular weight excluding hydrogens is 208 g/mol. The molecule has 0 fully saturated rings. The number of hydrogen-bond donors (Lipinski definition) is 0. The molecular formula is C15H22N2. The van der Waals surface area contributed by atoms with Crippen molar-refractivity contribution >= 4 is 0 Å². The van der Waals surface area contributed by atoms with Gasteiger partial charge in [-0.05, 0) is 18.4 Å². The van der Waals surface area contributed by atoms with Gasteiger partial charge in [0.15, 0.2) is 0 Å². The summed E-state index contributed by atoms with van der Waals surface area (Å²) in [4.78, 5) is 4.79. The van der Waals surface area contributed by atoms with Crippen LogP contribution >= 0.6 is 0 Å². The van der Waals surface area contributed by atoms with E-state index in [1.807, 2.05) is 0 Å². The summed E-state index contributed by atoms with van der Waals surface area (Å²) < 4.78 is 0. The van der Waals surface area contributed by atoms with Gasteiger partial charge in [-0.15, -0.1) is 0 Å². The van der Waals surface area contributed by atoms with E-state index in [2.05, 4.69) is 59.5 Å². The third kappa shape index (κ3) is 3.81. The molecule has 0 amide bonds. The van der Waals surface area contributed by atoms with E-state index in [0.717, 1.165) is 19.6 Å². The average Bonchev–Trinajstić information content (AvgIpc) is 2.83. The maximum Gasteiger partial charge on any atom is 0.0893 e. The molecule has 1 aromatic rings. The summed E-state index contributed by atoms with van der Waals surface area (Å²) in [5.74, 6) is 0. The van der Waals surface area contributed by atoms with Crippen molar-refractivity contribution in [1.82, 2.24) is 9.80 Å². The molecule has 0 unspecified atom stereocenters. The predicted molar refractivity (Wildman–Crippen MR) is 72.5 cm³/mol. The van der Waals surface area contributed by atoms with Crippen molar-refractivity contribution in [2.75, 3.05) is 19.8 Å². The summed E-state index contributed by atoms with van der Waals surface area (Å²) in [5.41, 5.74) is 1.42. The van der Waals surface area contributed by atoms with Crippen LogP contribution in [-0.4, -0.2) is 29.6 Å². The van der Waals surface area contributed by atoms with Gasteiger partial charge in [0, 0.05) is 25.5 Å². The zero-order valence-electron chi connectivity index (χ0n) is 10.7. The number of hydrogen-bond acceptors (Lipinski definition) is 2. The Morgan fingerprint density at radius 1 is 1.00 bits per heavy atom. The van der Waals surface area contributed by atoms with Crippen LogP contribution in [0.4, 0.5) is 0 Å². The van der Waals surface area contributed by atoms with Gasteiger partial charge in [-0.25, -0.2) is 0 Å². The predicted octanol–water partition coefficient (Wildman–Crippen LogP) is 3.08. The zero-order chi connectivity index (χ0) is 11.9. The Morgan fingerprint density at radius 3 is 2.41 bits per heavy atom. The fraction of sp³-hybridized carbons (Fsp3) is 0.467. The zero-order valence-corrected chi connectivity index (χ0v) is 10.7. The lowest BCUT2D eigenvalue weighted by Gasteiger charge is -2.21. The lowest BCUT2D eigenvalue weighted by atomic mass is 10.1. The molecule has 2 nitrogen and oxygen atoms in total. The van der Waals surface area contributed by atoms with Crippen LogP contribution in [0.1, 0.15) is 25.3 Å². The first-order valence-electron chi connectivity index (χ1n) is 6.59. The van der Waals surface area contributed by atoms with Crippen LogP contribution in [0.5, 0.6) is 0 Å². The number of unbranched alkanes of at least 4 members (excludes halogenated alkanes) is 1. The first-order chi connectivity index (χ1) is 8.38. The molecule has 0 aromatic heterocycles. The van der Waals surface area contributed by atoms with Crippen molar-refractivity contribution in [2.45, 2.75) is 26.2 Å². The number of benzene rings is 1. The van der Waals surface area contributed by atoms with Crippen LogP contribution in [0.3, 0.4) is 0 Å². The van der Waals surface area contributed by atoms with E-state index in [-0.39, 0.29) is 0 Å². The largest absolute Gasteiger partial charge is 0.359 e. The Bertz CT molecular complexity index is 345. The highest BCUT2D eigenvalue weighted by Gasteiger charge is 2.10. The van der Waals surface area contributed by atoms with Gasteiger partial charge in [0.1, 0.15) is 0 Å². The molecule has 1 aromatic carbocycles. The second-order valence-corrected chi connectivity index (χ2v) is 4.65. The molecule has 0 spiro atoms. The SMILES string of the molecule is CCCCN1C=CN(CCc2ccccc2)C1. The Morgan fingerprint density at radius 2 is 1.71 bits per heavy atom. The van der Waals surface area contributed by atoms with E-state index in [1.54, 1.807) is 0 Å². The summed E-state index contributed by atoms with van der Waals surface area (Å²) in [6, 6.07) is 10.7. The Hall–Kier alpha value is -1.44. The van der Waals surface area contributed by atoms with E-state index in [1.165, 1.54) is 24.9 Å². The molecule has 2 heteroatoms. The fourth-order valence-electron chi connectivity index (χ4n) is 2.09. The fourth-order valence-corrected chi connectivity index (χ4v) is 2.09. The van der Waals surface area contributed by atoms with Crippen molar-refractivity contribution < 1.29 is 0 Å². The minimum absolute atomic E-state index is 1.06. The molecule has 92 valence electrons. The Balaban J connectivity index is 1.70. The van der Waals surface area contributed by atoms with E-state index in [4.69, 9.17) is 0 Å². The van der Waals surface area contributed by atoms with Gasteiger partial charge in [0.05, 0.1) is 6.67 Å². The third-order valence-electron chi connectivity index (χ3n) is 3.18. The van der Waals surface area contributed by atoms with Crippen LogP contribution in [-0.2, 0) is 6.42 Å². The topological polar surface area (TPSA) is 6.48 Å². The lowest BCUT2D eigenvalue weighted by Crippen LogP contribution is -2.27. The van der Waals surface area contributed by atoms with Gasteiger partial charge >= 0.3 is 0 Å². The van der Waals surface area contributed by atoms with Crippen molar-refractivity contribution in [3.8, 4) is 0 Å². The van der Waals surface area contributed by atoms with Crippen LogP contribution in [0.15, 0.2) is 42.7 Å². The quantitative estimate of drug-likeness (QED) is 0.741. The molecule has 2 rings (SSSR count). The van der Waals surface area contributed by atoms with Gasteiger partial charge in [0.2, 0.25) is 0 Å². The summed E-state index contributed by atoms with van der Waals surface area (Å²) in [5, 5.41) is 0. The van der Waals surface area contributed by atoms with E-state index in [0.29, 0.717) is 0 Å². The molecule has 1 aliphatic rings. The molecule has 17 heavy (non-hydrogen) atoms.